The fourth-order valence-corrected chi connectivity index (χ4v) is 3.25. The van der Waals surface area contributed by atoms with E-state index >= 15 is 0 Å². The third kappa shape index (κ3) is 4.31. The summed E-state index contributed by atoms with van der Waals surface area (Å²) in [4.78, 5) is 16.8. The van der Waals surface area contributed by atoms with Crippen molar-refractivity contribution < 1.29 is 14.3 Å². The number of hydrogen-bond acceptors (Lipinski definition) is 4. The number of amides is 1. The molecule has 3 aromatic rings. The highest BCUT2D eigenvalue weighted by atomic mass is 16.6. The molecular formula is C23H22N2O3. The Kier molecular flexibility index (Phi) is 5.24. The van der Waals surface area contributed by atoms with Crippen LogP contribution in [0.15, 0.2) is 60.7 Å². The van der Waals surface area contributed by atoms with Gasteiger partial charge in [0.25, 0.3) is 0 Å². The molecule has 5 nitrogen and oxygen atoms in total. The van der Waals surface area contributed by atoms with Gasteiger partial charge in [0, 0.05) is 17.5 Å². The number of para-hydroxylation sites is 1. The van der Waals surface area contributed by atoms with Crippen molar-refractivity contribution >= 4 is 22.9 Å². The smallest absolute Gasteiger partial charge is 0.244 e. The number of pyridine rings is 1. The first-order valence-corrected chi connectivity index (χ1v) is 9.40. The second kappa shape index (κ2) is 8.13. The monoisotopic (exact) mass is 374 g/mol. The maximum atomic E-state index is 12.2. The van der Waals surface area contributed by atoms with Crippen LogP contribution in [-0.2, 0) is 11.2 Å². The number of aromatic nitrogens is 1. The second-order valence-electron chi connectivity index (χ2n) is 6.85. The normalized spacial score (nSPS) is 14.2. The summed E-state index contributed by atoms with van der Waals surface area (Å²) in [7, 11) is 0. The molecule has 0 saturated carbocycles. The van der Waals surface area contributed by atoms with Crippen LogP contribution in [0.5, 0.6) is 11.5 Å². The predicted molar refractivity (Wildman–Crippen MR) is 110 cm³/mol. The molecule has 1 aliphatic rings. The summed E-state index contributed by atoms with van der Waals surface area (Å²) in [5.41, 5.74) is 2.77. The van der Waals surface area contributed by atoms with Gasteiger partial charge in [-0.2, -0.15) is 0 Å². The second-order valence-corrected chi connectivity index (χ2v) is 6.85. The van der Waals surface area contributed by atoms with Crippen molar-refractivity contribution in [3.05, 3.63) is 71.9 Å². The lowest BCUT2D eigenvalue weighted by atomic mass is 10.1. The van der Waals surface area contributed by atoms with Gasteiger partial charge < -0.3 is 14.8 Å². The number of hydrogen-bond donors (Lipinski definition) is 1. The highest BCUT2D eigenvalue weighted by Gasteiger charge is 2.13. The largest absolute Gasteiger partial charge is 0.486 e. The number of nitrogens with one attached hydrogen (secondary N) is 1. The maximum Gasteiger partial charge on any atom is 0.244 e. The molecule has 1 atom stereocenters. The first-order valence-electron chi connectivity index (χ1n) is 9.40. The molecule has 1 aromatic heterocycles. The average molecular weight is 374 g/mol. The topological polar surface area (TPSA) is 60.5 Å². The zero-order chi connectivity index (χ0) is 19.3. The van der Waals surface area contributed by atoms with Gasteiger partial charge in [0.1, 0.15) is 13.2 Å². The van der Waals surface area contributed by atoms with E-state index in [4.69, 9.17) is 9.47 Å². The fourth-order valence-electron chi connectivity index (χ4n) is 3.25. The molecule has 0 radical (unpaired) electrons. The van der Waals surface area contributed by atoms with Gasteiger partial charge >= 0.3 is 0 Å². The standard InChI is InChI=1S/C23H22N2O3/c1-16(14-17-6-10-21-22(15-17)28-13-12-27-21)24-23(26)11-9-19-8-7-18-4-2-3-5-20(18)25-19/h2-11,15-16H,12-14H2,1H3,(H,24,26)/t16-/m1/s1. The molecule has 1 N–H and O–H groups in total. The van der Waals surface area contributed by atoms with Gasteiger partial charge in [-0.05, 0) is 49.2 Å². The third-order valence-corrected chi connectivity index (χ3v) is 4.56. The summed E-state index contributed by atoms with van der Waals surface area (Å²) in [6, 6.07) is 17.7. The molecule has 0 bridgehead atoms. The molecular weight excluding hydrogens is 352 g/mol. The molecule has 28 heavy (non-hydrogen) atoms. The number of carbonyl (C=O) groups is 1. The lowest BCUT2D eigenvalue weighted by molar-refractivity contribution is -0.117. The maximum absolute atomic E-state index is 12.2. The van der Waals surface area contributed by atoms with Crippen molar-refractivity contribution in [3.8, 4) is 11.5 Å². The fraction of sp³-hybridized carbons (Fsp3) is 0.217. The first-order chi connectivity index (χ1) is 13.7. The molecule has 1 amide bonds. The number of benzene rings is 2. The van der Waals surface area contributed by atoms with Crippen LogP contribution < -0.4 is 14.8 Å². The summed E-state index contributed by atoms with van der Waals surface area (Å²) in [5, 5.41) is 4.07. The Morgan fingerprint density at radius 3 is 2.82 bits per heavy atom. The highest BCUT2D eigenvalue weighted by Crippen LogP contribution is 2.31. The van der Waals surface area contributed by atoms with Crippen LogP contribution in [0, 0.1) is 0 Å². The van der Waals surface area contributed by atoms with Crippen LogP contribution in [0.2, 0.25) is 0 Å². The van der Waals surface area contributed by atoms with E-state index in [1.165, 1.54) is 6.08 Å². The number of nitrogens with zero attached hydrogens (tertiary/aromatic N) is 1. The van der Waals surface area contributed by atoms with Crippen LogP contribution >= 0.6 is 0 Å². The van der Waals surface area contributed by atoms with Crippen molar-refractivity contribution in [1.29, 1.82) is 0 Å². The minimum atomic E-state index is -0.139. The number of fused-ring (bicyclic) bond motifs is 2. The lowest BCUT2D eigenvalue weighted by Crippen LogP contribution is -2.32. The summed E-state index contributed by atoms with van der Waals surface area (Å²) in [5.74, 6) is 1.40. The molecule has 2 heterocycles. The molecule has 0 spiro atoms. The first kappa shape index (κ1) is 18.0. The molecule has 142 valence electrons. The molecule has 0 fully saturated rings. The zero-order valence-electron chi connectivity index (χ0n) is 15.7. The van der Waals surface area contributed by atoms with Crippen LogP contribution in [0.25, 0.3) is 17.0 Å². The Morgan fingerprint density at radius 2 is 1.93 bits per heavy atom. The SMILES string of the molecule is C[C@H](Cc1ccc2c(c1)OCCO2)NC(=O)C=Cc1ccc2ccccc2n1. The Balaban J connectivity index is 1.35. The molecule has 0 saturated heterocycles. The van der Waals surface area contributed by atoms with E-state index in [1.807, 2.05) is 61.5 Å². The number of carbonyl (C=O) groups excluding carboxylic acids is 1. The average Bonchev–Trinajstić information content (AvgIpc) is 2.72. The number of rotatable bonds is 5. The Hall–Kier alpha value is -3.34. The molecule has 0 aliphatic carbocycles. The van der Waals surface area contributed by atoms with Crippen molar-refractivity contribution in [2.24, 2.45) is 0 Å². The van der Waals surface area contributed by atoms with Gasteiger partial charge in [0.15, 0.2) is 11.5 Å². The van der Waals surface area contributed by atoms with Gasteiger partial charge in [-0.1, -0.05) is 30.3 Å². The minimum absolute atomic E-state index is 0.00993. The van der Waals surface area contributed by atoms with E-state index in [9.17, 15) is 4.79 Å². The van der Waals surface area contributed by atoms with Crippen molar-refractivity contribution in [2.45, 2.75) is 19.4 Å². The molecule has 0 unspecified atom stereocenters. The highest BCUT2D eigenvalue weighted by molar-refractivity contribution is 5.92. The third-order valence-electron chi connectivity index (χ3n) is 4.56. The van der Waals surface area contributed by atoms with E-state index in [2.05, 4.69) is 10.3 Å². The van der Waals surface area contributed by atoms with E-state index in [-0.39, 0.29) is 11.9 Å². The Labute approximate surface area is 164 Å². The van der Waals surface area contributed by atoms with Crippen molar-refractivity contribution in [2.75, 3.05) is 13.2 Å². The summed E-state index contributed by atoms with van der Waals surface area (Å²) >= 11 is 0. The summed E-state index contributed by atoms with van der Waals surface area (Å²) < 4.78 is 11.2. The number of ether oxygens (including phenoxy) is 2. The van der Waals surface area contributed by atoms with Crippen LogP contribution in [-0.4, -0.2) is 30.1 Å². The van der Waals surface area contributed by atoms with Gasteiger partial charge in [-0.3, -0.25) is 4.79 Å². The Morgan fingerprint density at radius 1 is 1.11 bits per heavy atom. The zero-order valence-corrected chi connectivity index (χ0v) is 15.7. The summed E-state index contributed by atoms with van der Waals surface area (Å²) in [6.45, 7) is 3.13. The van der Waals surface area contributed by atoms with Gasteiger partial charge in [0.2, 0.25) is 5.91 Å². The van der Waals surface area contributed by atoms with Crippen LogP contribution in [0.4, 0.5) is 0 Å². The lowest BCUT2D eigenvalue weighted by Gasteiger charge is -2.20. The van der Waals surface area contributed by atoms with E-state index in [0.29, 0.717) is 19.6 Å². The van der Waals surface area contributed by atoms with Crippen LogP contribution in [0.3, 0.4) is 0 Å². The predicted octanol–water partition coefficient (Wildman–Crippen LogP) is 3.77. The quantitative estimate of drug-likeness (QED) is 0.691. The molecule has 5 heteroatoms. The van der Waals surface area contributed by atoms with Crippen LogP contribution in [0.1, 0.15) is 18.2 Å². The van der Waals surface area contributed by atoms with E-state index < -0.39 is 0 Å². The van der Waals surface area contributed by atoms with Gasteiger partial charge in [0.05, 0.1) is 11.2 Å². The van der Waals surface area contributed by atoms with Gasteiger partial charge in [-0.25, -0.2) is 4.98 Å². The summed E-state index contributed by atoms with van der Waals surface area (Å²) in [6.07, 6.45) is 3.97. The molecule has 2 aromatic carbocycles. The van der Waals surface area contributed by atoms with E-state index in [0.717, 1.165) is 33.7 Å². The van der Waals surface area contributed by atoms with Gasteiger partial charge in [-0.15, -0.1) is 0 Å². The molecule has 1 aliphatic heterocycles. The van der Waals surface area contributed by atoms with Crippen molar-refractivity contribution in [3.63, 3.8) is 0 Å². The Bertz CT molecular complexity index is 1030. The van der Waals surface area contributed by atoms with Crippen molar-refractivity contribution in [1.82, 2.24) is 10.3 Å². The minimum Gasteiger partial charge on any atom is -0.486 e. The van der Waals surface area contributed by atoms with E-state index in [1.54, 1.807) is 6.08 Å². The molecule has 4 rings (SSSR count).